The van der Waals surface area contributed by atoms with Crippen molar-refractivity contribution in [3.05, 3.63) is 29.3 Å². The fourth-order valence-electron chi connectivity index (χ4n) is 2.26. The Labute approximate surface area is 107 Å². The molecule has 1 aliphatic rings. The standard InChI is InChI=1S/C14H20N2O2/c1-9-3-4-11(7-13(9)17)14(18)16-10(2)12-5-6-15-8-12/h3-4,7,10,12,15,17H,5-6,8H2,1-2H3,(H,16,18). The molecule has 0 aromatic heterocycles. The first kappa shape index (κ1) is 12.9. The first-order chi connectivity index (χ1) is 8.58. The van der Waals surface area contributed by atoms with Crippen molar-refractivity contribution in [3.63, 3.8) is 0 Å². The number of aryl methyl sites for hydroxylation is 1. The molecule has 3 N–H and O–H groups in total. The second-order valence-corrected chi connectivity index (χ2v) is 5.02. The molecule has 1 saturated heterocycles. The molecule has 1 fully saturated rings. The molecule has 0 aliphatic carbocycles. The van der Waals surface area contributed by atoms with Crippen LogP contribution in [0.15, 0.2) is 18.2 Å². The number of phenolic OH excluding ortho intramolecular Hbond substituents is 1. The Bertz CT molecular complexity index is 439. The summed E-state index contributed by atoms with van der Waals surface area (Å²) in [5.74, 6) is 0.538. The molecule has 98 valence electrons. The van der Waals surface area contributed by atoms with Crippen molar-refractivity contribution in [1.82, 2.24) is 10.6 Å². The smallest absolute Gasteiger partial charge is 0.251 e. The molecule has 1 aliphatic heterocycles. The summed E-state index contributed by atoms with van der Waals surface area (Å²) in [5, 5.41) is 15.9. The van der Waals surface area contributed by atoms with Gasteiger partial charge in [-0.05, 0) is 57.0 Å². The van der Waals surface area contributed by atoms with E-state index in [-0.39, 0.29) is 17.7 Å². The van der Waals surface area contributed by atoms with E-state index in [9.17, 15) is 9.90 Å². The third-order valence-electron chi connectivity index (χ3n) is 3.64. The Kier molecular flexibility index (Phi) is 3.87. The van der Waals surface area contributed by atoms with Gasteiger partial charge in [-0.15, -0.1) is 0 Å². The molecule has 0 spiro atoms. The number of phenols is 1. The molecule has 1 aromatic rings. The Morgan fingerprint density at radius 3 is 2.94 bits per heavy atom. The molecule has 0 saturated carbocycles. The fraction of sp³-hybridized carbons (Fsp3) is 0.500. The zero-order chi connectivity index (χ0) is 13.1. The van der Waals surface area contributed by atoms with E-state index in [1.165, 1.54) is 6.07 Å². The summed E-state index contributed by atoms with van der Waals surface area (Å²) in [5.41, 5.74) is 1.29. The highest BCUT2D eigenvalue weighted by molar-refractivity contribution is 5.94. The van der Waals surface area contributed by atoms with Crippen LogP contribution in [0.3, 0.4) is 0 Å². The lowest BCUT2D eigenvalue weighted by molar-refractivity contribution is 0.0928. The molecule has 2 unspecified atom stereocenters. The van der Waals surface area contributed by atoms with E-state index >= 15 is 0 Å². The summed E-state index contributed by atoms with van der Waals surface area (Å²) in [6.45, 7) is 5.82. The van der Waals surface area contributed by atoms with Crippen molar-refractivity contribution in [2.24, 2.45) is 5.92 Å². The minimum absolute atomic E-state index is 0.121. The zero-order valence-electron chi connectivity index (χ0n) is 10.9. The van der Waals surface area contributed by atoms with Gasteiger partial charge in [0.25, 0.3) is 5.91 Å². The number of hydrogen-bond donors (Lipinski definition) is 3. The first-order valence-electron chi connectivity index (χ1n) is 6.39. The molecule has 2 rings (SSSR count). The van der Waals surface area contributed by atoms with E-state index in [0.717, 1.165) is 25.1 Å². The van der Waals surface area contributed by atoms with Gasteiger partial charge in [0.05, 0.1) is 0 Å². The summed E-state index contributed by atoms with van der Waals surface area (Å²) in [6.07, 6.45) is 1.10. The molecule has 4 nitrogen and oxygen atoms in total. The number of carbonyl (C=O) groups excluding carboxylic acids is 1. The van der Waals surface area contributed by atoms with Gasteiger partial charge in [-0.25, -0.2) is 0 Å². The number of rotatable bonds is 3. The zero-order valence-corrected chi connectivity index (χ0v) is 10.9. The molecular weight excluding hydrogens is 228 g/mol. The average Bonchev–Trinajstić information content (AvgIpc) is 2.86. The first-order valence-corrected chi connectivity index (χ1v) is 6.39. The Balaban J connectivity index is 2.00. The van der Waals surface area contributed by atoms with Crippen LogP contribution in [0, 0.1) is 12.8 Å². The number of benzene rings is 1. The molecule has 4 heteroatoms. The van der Waals surface area contributed by atoms with E-state index in [1.807, 2.05) is 13.8 Å². The van der Waals surface area contributed by atoms with Gasteiger partial charge in [-0.2, -0.15) is 0 Å². The van der Waals surface area contributed by atoms with Gasteiger partial charge in [-0.1, -0.05) is 6.07 Å². The minimum atomic E-state index is -0.121. The van der Waals surface area contributed by atoms with Crippen LogP contribution in [0.5, 0.6) is 5.75 Å². The topological polar surface area (TPSA) is 61.4 Å². The van der Waals surface area contributed by atoms with Crippen LogP contribution in [-0.2, 0) is 0 Å². The van der Waals surface area contributed by atoms with Crippen LogP contribution < -0.4 is 10.6 Å². The van der Waals surface area contributed by atoms with Crippen LogP contribution >= 0.6 is 0 Å². The van der Waals surface area contributed by atoms with Crippen molar-refractivity contribution in [3.8, 4) is 5.75 Å². The number of aromatic hydroxyl groups is 1. The molecule has 1 amide bonds. The Hall–Kier alpha value is -1.55. The monoisotopic (exact) mass is 248 g/mol. The van der Waals surface area contributed by atoms with Crippen LogP contribution in [-0.4, -0.2) is 30.1 Å². The predicted octanol–water partition coefficient (Wildman–Crippen LogP) is 1.43. The average molecular weight is 248 g/mol. The van der Waals surface area contributed by atoms with E-state index in [0.29, 0.717) is 11.5 Å². The van der Waals surface area contributed by atoms with Crippen LogP contribution in [0.2, 0.25) is 0 Å². The molecule has 18 heavy (non-hydrogen) atoms. The quantitative estimate of drug-likeness (QED) is 0.758. The molecule has 2 atom stereocenters. The predicted molar refractivity (Wildman–Crippen MR) is 70.7 cm³/mol. The highest BCUT2D eigenvalue weighted by Crippen LogP contribution is 2.18. The minimum Gasteiger partial charge on any atom is -0.508 e. The Morgan fingerprint density at radius 2 is 2.33 bits per heavy atom. The van der Waals surface area contributed by atoms with Crippen LogP contribution in [0.25, 0.3) is 0 Å². The summed E-state index contributed by atoms with van der Waals surface area (Å²) >= 11 is 0. The number of nitrogens with one attached hydrogen (secondary N) is 2. The van der Waals surface area contributed by atoms with Gasteiger partial charge >= 0.3 is 0 Å². The van der Waals surface area contributed by atoms with Gasteiger partial charge in [0.1, 0.15) is 5.75 Å². The normalized spacial score (nSPS) is 20.7. The molecule has 0 bridgehead atoms. The third-order valence-corrected chi connectivity index (χ3v) is 3.64. The maximum absolute atomic E-state index is 12.0. The molecule has 1 heterocycles. The maximum atomic E-state index is 12.0. The van der Waals surface area contributed by atoms with Gasteiger partial charge in [0.2, 0.25) is 0 Å². The lowest BCUT2D eigenvalue weighted by atomic mass is 10.00. The lowest BCUT2D eigenvalue weighted by Crippen LogP contribution is -2.38. The summed E-state index contributed by atoms with van der Waals surface area (Å²) in [4.78, 5) is 12.0. The third kappa shape index (κ3) is 2.82. The van der Waals surface area contributed by atoms with Crippen molar-refractivity contribution in [1.29, 1.82) is 0 Å². The molecule has 1 aromatic carbocycles. The summed E-state index contributed by atoms with van der Waals surface area (Å²) in [7, 11) is 0. The summed E-state index contributed by atoms with van der Waals surface area (Å²) in [6, 6.07) is 5.16. The highest BCUT2D eigenvalue weighted by atomic mass is 16.3. The number of carbonyl (C=O) groups is 1. The number of amides is 1. The number of hydrogen-bond acceptors (Lipinski definition) is 3. The highest BCUT2D eigenvalue weighted by Gasteiger charge is 2.22. The van der Waals surface area contributed by atoms with E-state index < -0.39 is 0 Å². The van der Waals surface area contributed by atoms with Gasteiger partial charge in [-0.3, -0.25) is 4.79 Å². The van der Waals surface area contributed by atoms with Crippen molar-refractivity contribution in [2.75, 3.05) is 13.1 Å². The SMILES string of the molecule is Cc1ccc(C(=O)NC(C)C2CCNC2)cc1O. The van der Waals surface area contributed by atoms with Crippen molar-refractivity contribution >= 4 is 5.91 Å². The summed E-state index contributed by atoms with van der Waals surface area (Å²) < 4.78 is 0. The second-order valence-electron chi connectivity index (χ2n) is 5.02. The van der Waals surface area contributed by atoms with Crippen LogP contribution in [0.4, 0.5) is 0 Å². The van der Waals surface area contributed by atoms with E-state index in [1.54, 1.807) is 12.1 Å². The largest absolute Gasteiger partial charge is 0.508 e. The Morgan fingerprint density at radius 1 is 1.56 bits per heavy atom. The molecule has 0 radical (unpaired) electrons. The van der Waals surface area contributed by atoms with Crippen LogP contribution in [0.1, 0.15) is 29.3 Å². The van der Waals surface area contributed by atoms with Crippen molar-refractivity contribution in [2.45, 2.75) is 26.3 Å². The lowest BCUT2D eigenvalue weighted by Gasteiger charge is -2.19. The maximum Gasteiger partial charge on any atom is 0.251 e. The van der Waals surface area contributed by atoms with Gasteiger partial charge in [0.15, 0.2) is 0 Å². The van der Waals surface area contributed by atoms with E-state index in [4.69, 9.17) is 0 Å². The van der Waals surface area contributed by atoms with Crippen molar-refractivity contribution < 1.29 is 9.90 Å². The van der Waals surface area contributed by atoms with E-state index in [2.05, 4.69) is 10.6 Å². The second kappa shape index (κ2) is 5.40. The molecular formula is C14H20N2O2. The van der Waals surface area contributed by atoms with Gasteiger partial charge < -0.3 is 15.7 Å². The fourth-order valence-corrected chi connectivity index (χ4v) is 2.26. The van der Waals surface area contributed by atoms with Gasteiger partial charge in [0, 0.05) is 11.6 Å².